The minimum Gasteiger partial charge on any atom is -0.493 e. The third-order valence-corrected chi connectivity index (χ3v) is 4.77. The second-order valence-corrected chi connectivity index (χ2v) is 7.71. The zero-order chi connectivity index (χ0) is 20.3. The predicted octanol–water partition coefficient (Wildman–Crippen LogP) is 4.40. The molecule has 0 saturated heterocycles. The molecule has 0 aliphatic carbocycles. The normalized spacial score (nSPS) is 16.4. The molecule has 1 heterocycles. The minimum atomic E-state index is -0.304. The standard InChI is InChI=1S/C22H25FN2O3/c1-22(2)12-18(16-7-10-19(27-3)20(11-16)28-4)24-25(21(26)13-22)14-15-5-8-17(23)9-6-15/h5-11H,12-14H2,1-4H3. The van der Waals surface area contributed by atoms with Crippen molar-refractivity contribution in [3.8, 4) is 11.5 Å². The van der Waals surface area contributed by atoms with Gasteiger partial charge in [0.15, 0.2) is 11.5 Å². The fourth-order valence-electron chi connectivity index (χ4n) is 3.32. The van der Waals surface area contributed by atoms with Gasteiger partial charge in [0.2, 0.25) is 5.91 Å². The molecule has 0 radical (unpaired) electrons. The highest BCUT2D eigenvalue weighted by Gasteiger charge is 2.31. The van der Waals surface area contributed by atoms with Crippen molar-refractivity contribution in [3.05, 3.63) is 59.4 Å². The molecule has 0 bridgehead atoms. The van der Waals surface area contributed by atoms with Gasteiger partial charge in [-0.1, -0.05) is 26.0 Å². The summed E-state index contributed by atoms with van der Waals surface area (Å²) in [4.78, 5) is 12.8. The van der Waals surface area contributed by atoms with Crippen LogP contribution in [0.4, 0.5) is 4.39 Å². The number of carbonyl (C=O) groups excluding carboxylic acids is 1. The highest BCUT2D eigenvalue weighted by atomic mass is 19.1. The van der Waals surface area contributed by atoms with E-state index in [0.717, 1.165) is 16.8 Å². The first kappa shape index (κ1) is 19.9. The third kappa shape index (κ3) is 4.50. The Morgan fingerprint density at radius 3 is 2.36 bits per heavy atom. The lowest BCUT2D eigenvalue weighted by molar-refractivity contribution is -0.133. The van der Waals surface area contributed by atoms with Crippen molar-refractivity contribution in [1.29, 1.82) is 0 Å². The van der Waals surface area contributed by atoms with E-state index in [0.29, 0.717) is 30.9 Å². The van der Waals surface area contributed by atoms with Crippen molar-refractivity contribution in [3.63, 3.8) is 0 Å². The third-order valence-electron chi connectivity index (χ3n) is 4.77. The van der Waals surface area contributed by atoms with Gasteiger partial charge in [0.1, 0.15) is 5.82 Å². The lowest BCUT2D eigenvalue weighted by Crippen LogP contribution is -2.27. The number of halogens is 1. The monoisotopic (exact) mass is 384 g/mol. The molecular formula is C22H25FN2O3. The van der Waals surface area contributed by atoms with Gasteiger partial charge in [-0.2, -0.15) is 5.10 Å². The number of hydrogen-bond acceptors (Lipinski definition) is 4. The van der Waals surface area contributed by atoms with Gasteiger partial charge in [0.25, 0.3) is 0 Å². The number of carbonyl (C=O) groups is 1. The summed E-state index contributed by atoms with van der Waals surface area (Å²) in [5, 5.41) is 6.16. The van der Waals surface area contributed by atoms with Crippen molar-refractivity contribution in [1.82, 2.24) is 5.01 Å². The summed E-state index contributed by atoms with van der Waals surface area (Å²) >= 11 is 0. The summed E-state index contributed by atoms with van der Waals surface area (Å²) in [6, 6.07) is 11.7. The van der Waals surface area contributed by atoms with E-state index < -0.39 is 0 Å². The van der Waals surface area contributed by atoms with E-state index in [9.17, 15) is 9.18 Å². The first-order valence-corrected chi connectivity index (χ1v) is 9.16. The second kappa shape index (κ2) is 8.00. The van der Waals surface area contributed by atoms with E-state index in [4.69, 9.17) is 9.47 Å². The fourth-order valence-corrected chi connectivity index (χ4v) is 3.32. The van der Waals surface area contributed by atoms with Gasteiger partial charge >= 0.3 is 0 Å². The van der Waals surface area contributed by atoms with Crippen molar-refractivity contribution >= 4 is 11.6 Å². The average Bonchev–Trinajstić information content (AvgIpc) is 2.78. The van der Waals surface area contributed by atoms with Crippen LogP contribution in [0.2, 0.25) is 0 Å². The van der Waals surface area contributed by atoms with Crippen LogP contribution in [0.5, 0.6) is 11.5 Å². The molecule has 1 aliphatic heterocycles. The molecule has 0 unspecified atom stereocenters. The van der Waals surface area contributed by atoms with Gasteiger partial charge in [-0.15, -0.1) is 0 Å². The van der Waals surface area contributed by atoms with Crippen LogP contribution in [-0.2, 0) is 11.3 Å². The highest BCUT2D eigenvalue weighted by molar-refractivity contribution is 6.03. The van der Waals surface area contributed by atoms with E-state index >= 15 is 0 Å². The minimum absolute atomic E-state index is 0.0511. The predicted molar refractivity (Wildman–Crippen MR) is 106 cm³/mol. The first-order chi connectivity index (χ1) is 13.3. The Morgan fingerprint density at radius 2 is 1.71 bits per heavy atom. The number of hydrazone groups is 1. The largest absolute Gasteiger partial charge is 0.493 e. The van der Waals surface area contributed by atoms with Crippen LogP contribution in [0.25, 0.3) is 0 Å². The molecule has 28 heavy (non-hydrogen) atoms. The summed E-state index contributed by atoms with van der Waals surface area (Å²) in [6.45, 7) is 4.41. The fraction of sp³-hybridized carbons (Fsp3) is 0.364. The van der Waals surface area contributed by atoms with Crippen molar-refractivity contribution in [2.75, 3.05) is 14.2 Å². The van der Waals surface area contributed by atoms with Gasteiger partial charge in [0.05, 0.1) is 26.5 Å². The Labute approximate surface area is 164 Å². The molecule has 5 nitrogen and oxygen atoms in total. The number of rotatable bonds is 5. The Hall–Kier alpha value is -2.89. The molecule has 148 valence electrons. The molecule has 0 atom stereocenters. The molecular weight excluding hydrogens is 359 g/mol. The molecule has 2 aromatic rings. The summed E-state index contributed by atoms with van der Waals surface area (Å²) < 4.78 is 23.9. The Balaban J connectivity index is 1.98. The summed E-state index contributed by atoms with van der Waals surface area (Å²) in [7, 11) is 3.18. The molecule has 3 rings (SSSR count). The van der Waals surface area contributed by atoms with Gasteiger partial charge in [-0.25, -0.2) is 9.40 Å². The van der Waals surface area contributed by atoms with Crippen LogP contribution in [0, 0.1) is 11.2 Å². The molecule has 1 aliphatic rings. The number of nitrogens with zero attached hydrogens (tertiary/aromatic N) is 2. The van der Waals surface area contributed by atoms with E-state index in [1.165, 1.54) is 17.1 Å². The van der Waals surface area contributed by atoms with Gasteiger partial charge in [0, 0.05) is 12.0 Å². The number of ether oxygens (including phenoxy) is 2. The zero-order valence-corrected chi connectivity index (χ0v) is 16.7. The molecule has 1 amide bonds. The molecule has 0 aromatic heterocycles. The summed E-state index contributed by atoms with van der Waals surface area (Å²) in [5.41, 5.74) is 2.27. The molecule has 0 N–H and O–H groups in total. The number of hydrogen-bond donors (Lipinski definition) is 0. The van der Waals surface area contributed by atoms with E-state index in [-0.39, 0.29) is 17.1 Å². The SMILES string of the molecule is COc1ccc(C2=NN(Cc3ccc(F)cc3)C(=O)CC(C)(C)C2)cc1OC. The molecule has 2 aromatic carbocycles. The van der Waals surface area contributed by atoms with Crippen LogP contribution in [0.3, 0.4) is 0 Å². The van der Waals surface area contributed by atoms with Crippen LogP contribution in [0.15, 0.2) is 47.6 Å². The van der Waals surface area contributed by atoms with Crippen LogP contribution in [-0.4, -0.2) is 30.8 Å². The maximum atomic E-state index is 13.2. The smallest absolute Gasteiger partial charge is 0.243 e. The van der Waals surface area contributed by atoms with E-state index in [1.807, 2.05) is 18.2 Å². The quantitative estimate of drug-likeness (QED) is 0.768. The lowest BCUT2D eigenvalue weighted by Gasteiger charge is -2.22. The summed E-state index contributed by atoms with van der Waals surface area (Å²) in [6.07, 6.45) is 1.03. The van der Waals surface area contributed by atoms with E-state index in [1.54, 1.807) is 26.4 Å². The Kier molecular flexibility index (Phi) is 5.68. The number of amides is 1. The molecule has 6 heteroatoms. The summed E-state index contributed by atoms with van der Waals surface area (Å²) in [5.74, 6) is 0.895. The lowest BCUT2D eigenvalue weighted by atomic mass is 9.82. The highest BCUT2D eigenvalue weighted by Crippen LogP contribution is 2.34. The van der Waals surface area contributed by atoms with E-state index in [2.05, 4.69) is 18.9 Å². The molecule has 0 fully saturated rings. The molecule has 0 saturated carbocycles. The Bertz CT molecular complexity index is 891. The van der Waals surface area contributed by atoms with Gasteiger partial charge in [-0.05, 0) is 47.7 Å². The van der Waals surface area contributed by atoms with Crippen molar-refractivity contribution < 1.29 is 18.7 Å². The maximum absolute atomic E-state index is 13.2. The van der Waals surface area contributed by atoms with Crippen LogP contribution >= 0.6 is 0 Å². The topological polar surface area (TPSA) is 51.1 Å². The van der Waals surface area contributed by atoms with Crippen molar-refractivity contribution in [2.24, 2.45) is 10.5 Å². The second-order valence-electron chi connectivity index (χ2n) is 7.71. The van der Waals surface area contributed by atoms with Gasteiger partial charge < -0.3 is 9.47 Å². The van der Waals surface area contributed by atoms with Crippen molar-refractivity contribution in [2.45, 2.75) is 33.2 Å². The number of methoxy groups -OCH3 is 2. The van der Waals surface area contributed by atoms with Crippen LogP contribution in [0.1, 0.15) is 37.8 Å². The Morgan fingerprint density at radius 1 is 1.04 bits per heavy atom. The molecule has 0 spiro atoms. The maximum Gasteiger partial charge on any atom is 0.243 e. The number of benzene rings is 2. The zero-order valence-electron chi connectivity index (χ0n) is 16.7. The van der Waals surface area contributed by atoms with Crippen LogP contribution < -0.4 is 9.47 Å². The van der Waals surface area contributed by atoms with Gasteiger partial charge in [-0.3, -0.25) is 4.79 Å². The average molecular weight is 384 g/mol. The first-order valence-electron chi connectivity index (χ1n) is 9.16.